The average molecular weight is 123 g/mol. The zero-order valence-electron chi connectivity index (χ0n) is 5.81. The topological polar surface area (TPSA) is 28.7 Å². The fourth-order valence-electron chi connectivity index (χ4n) is 0.749. The number of nitrogens with one attached hydrogen (secondary N) is 1. The van der Waals surface area contributed by atoms with Gasteiger partial charge in [-0.3, -0.25) is 0 Å². The quantitative estimate of drug-likeness (QED) is 0.632. The van der Waals surface area contributed by atoms with E-state index in [-0.39, 0.29) is 0 Å². The normalized spacial score (nSPS) is 10.6. The molecule has 0 spiro atoms. The highest BCUT2D eigenvalue weighted by molar-refractivity contribution is 4.86. The zero-order chi connectivity index (χ0) is 6.69. The highest BCUT2D eigenvalue weighted by atomic mass is 14.9. The molecule has 1 heterocycles. The van der Waals surface area contributed by atoms with Crippen molar-refractivity contribution in [3.05, 3.63) is 18.2 Å². The second kappa shape index (κ2) is 2.67. The van der Waals surface area contributed by atoms with Gasteiger partial charge in [-0.15, -0.1) is 0 Å². The van der Waals surface area contributed by atoms with Gasteiger partial charge in [0.25, 0.3) is 0 Å². The van der Waals surface area contributed by atoms with Gasteiger partial charge in [-0.2, -0.15) is 0 Å². The molecule has 2 nitrogen and oxygen atoms in total. The van der Waals surface area contributed by atoms with Crippen LogP contribution in [0.25, 0.3) is 0 Å². The molecule has 0 saturated heterocycles. The molecule has 0 aliphatic rings. The van der Waals surface area contributed by atoms with Crippen LogP contribution >= 0.6 is 0 Å². The van der Waals surface area contributed by atoms with Crippen LogP contribution in [0.1, 0.15) is 19.7 Å². The number of hydrogen-bond donors (Lipinski definition) is 1. The molecule has 0 aliphatic heterocycles. The first kappa shape index (κ1) is 6.33. The van der Waals surface area contributed by atoms with E-state index in [1.165, 1.54) is 0 Å². The van der Waals surface area contributed by atoms with Crippen LogP contribution in [-0.2, 0) is 6.42 Å². The van der Waals surface area contributed by atoms with Gasteiger partial charge in [0.1, 0.15) is 12.0 Å². The number of H-pyrrole nitrogens is 1. The van der Waals surface area contributed by atoms with Crippen molar-refractivity contribution >= 4 is 0 Å². The molecule has 0 unspecified atom stereocenters. The largest absolute Gasteiger partial charge is 0.348 e. The smallest absolute Gasteiger partial charge is 0.108 e. The summed E-state index contributed by atoms with van der Waals surface area (Å²) in [7, 11) is 0. The Morgan fingerprint density at radius 3 is 3.00 bits per heavy atom. The van der Waals surface area contributed by atoms with Crippen molar-refractivity contribution < 1.29 is 0 Å². The summed E-state index contributed by atoms with van der Waals surface area (Å²) in [6.07, 6.45) is 5.48. The average Bonchev–Trinajstić information content (AvgIpc) is 2.15. The lowest BCUT2D eigenvalue weighted by Crippen LogP contribution is -1.95. The predicted molar refractivity (Wildman–Crippen MR) is 36.0 cm³/mol. The molecule has 49 valence electrons. The molecular formula is C7H11N2. The van der Waals surface area contributed by atoms with Crippen LogP contribution < -0.4 is 0 Å². The molecule has 0 fully saturated rings. The van der Waals surface area contributed by atoms with Gasteiger partial charge in [-0.1, -0.05) is 13.8 Å². The van der Waals surface area contributed by atoms with E-state index in [9.17, 15) is 0 Å². The highest BCUT2D eigenvalue weighted by Gasteiger charge is 1.97. The van der Waals surface area contributed by atoms with Crippen LogP contribution in [0.4, 0.5) is 0 Å². The molecular weight excluding hydrogens is 112 g/mol. The van der Waals surface area contributed by atoms with E-state index in [1.807, 2.05) is 0 Å². The van der Waals surface area contributed by atoms with E-state index >= 15 is 0 Å². The number of aromatic amines is 1. The monoisotopic (exact) mass is 123 g/mol. The van der Waals surface area contributed by atoms with Gasteiger partial charge in [0, 0.05) is 12.6 Å². The lowest BCUT2D eigenvalue weighted by molar-refractivity contribution is 0.625. The molecule has 0 aromatic carbocycles. The maximum Gasteiger partial charge on any atom is 0.108 e. The Labute approximate surface area is 55.3 Å². The first-order valence-corrected chi connectivity index (χ1v) is 3.19. The van der Waals surface area contributed by atoms with Gasteiger partial charge < -0.3 is 4.98 Å². The molecule has 1 aromatic rings. The second-order valence-electron chi connectivity index (χ2n) is 2.57. The van der Waals surface area contributed by atoms with Crippen molar-refractivity contribution in [2.24, 2.45) is 5.92 Å². The number of rotatable bonds is 2. The molecule has 2 heteroatoms. The summed E-state index contributed by atoms with van der Waals surface area (Å²) < 4.78 is 0. The number of aromatic nitrogens is 2. The Balaban J connectivity index is 2.48. The molecule has 0 aliphatic carbocycles. The SMILES string of the molecule is CC(C)Cc1n[c]c[nH]1. The Morgan fingerprint density at radius 2 is 2.56 bits per heavy atom. The second-order valence-corrected chi connectivity index (χ2v) is 2.57. The van der Waals surface area contributed by atoms with Crippen LogP contribution in [0.5, 0.6) is 0 Å². The van der Waals surface area contributed by atoms with E-state index in [0.29, 0.717) is 5.92 Å². The molecule has 1 radical (unpaired) electrons. The first-order chi connectivity index (χ1) is 4.29. The molecule has 0 bridgehead atoms. The van der Waals surface area contributed by atoms with Crippen LogP contribution in [0, 0.1) is 12.1 Å². The summed E-state index contributed by atoms with van der Waals surface area (Å²) in [5.41, 5.74) is 0. The van der Waals surface area contributed by atoms with E-state index in [4.69, 9.17) is 0 Å². The minimum Gasteiger partial charge on any atom is -0.348 e. The predicted octanol–water partition coefficient (Wildman–Crippen LogP) is 1.41. The minimum atomic E-state index is 0.671. The third kappa shape index (κ3) is 1.88. The summed E-state index contributed by atoms with van der Waals surface area (Å²) in [6.45, 7) is 4.34. The van der Waals surface area contributed by atoms with Crippen LogP contribution in [-0.4, -0.2) is 9.97 Å². The molecule has 0 amide bonds. The van der Waals surface area contributed by atoms with Gasteiger partial charge >= 0.3 is 0 Å². The zero-order valence-corrected chi connectivity index (χ0v) is 5.81. The summed E-state index contributed by atoms with van der Waals surface area (Å²) in [6, 6.07) is 0. The van der Waals surface area contributed by atoms with Gasteiger partial charge in [0.05, 0.1) is 0 Å². The van der Waals surface area contributed by atoms with Crippen molar-refractivity contribution in [3.8, 4) is 0 Å². The molecule has 1 aromatic heterocycles. The Morgan fingerprint density at radius 1 is 1.78 bits per heavy atom. The highest BCUT2D eigenvalue weighted by Crippen LogP contribution is 2.00. The first-order valence-electron chi connectivity index (χ1n) is 3.19. The van der Waals surface area contributed by atoms with Crippen molar-refractivity contribution in [3.63, 3.8) is 0 Å². The van der Waals surface area contributed by atoms with E-state index in [1.54, 1.807) is 6.20 Å². The van der Waals surface area contributed by atoms with Gasteiger partial charge in [-0.25, -0.2) is 4.98 Å². The summed E-state index contributed by atoms with van der Waals surface area (Å²) in [4.78, 5) is 6.98. The van der Waals surface area contributed by atoms with E-state index < -0.39 is 0 Å². The fraction of sp³-hybridized carbons (Fsp3) is 0.571. The summed E-state index contributed by atoms with van der Waals surface area (Å²) in [5, 5.41) is 0. The number of hydrogen-bond acceptors (Lipinski definition) is 1. The molecule has 0 saturated carbocycles. The lowest BCUT2D eigenvalue weighted by Gasteiger charge is -1.97. The third-order valence-electron chi connectivity index (χ3n) is 1.10. The third-order valence-corrected chi connectivity index (χ3v) is 1.10. The van der Waals surface area contributed by atoms with Gasteiger partial charge in [0.2, 0.25) is 0 Å². The van der Waals surface area contributed by atoms with Crippen molar-refractivity contribution in [2.75, 3.05) is 0 Å². The fourth-order valence-corrected chi connectivity index (χ4v) is 0.749. The maximum atomic E-state index is 3.98. The molecule has 1 N–H and O–H groups in total. The molecule has 1 rings (SSSR count). The Hall–Kier alpha value is -0.790. The van der Waals surface area contributed by atoms with Crippen molar-refractivity contribution in [1.29, 1.82) is 0 Å². The van der Waals surface area contributed by atoms with Crippen LogP contribution in [0.15, 0.2) is 6.20 Å². The molecule has 0 atom stereocenters. The molecule has 9 heavy (non-hydrogen) atoms. The van der Waals surface area contributed by atoms with Gasteiger partial charge in [0.15, 0.2) is 0 Å². The van der Waals surface area contributed by atoms with Gasteiger partial charge in [-0.05, 0) is 5.92 Å². The van der Waals surface area contributed by atoms with E-state index in [0.717, 1.165) is 12.2 Å². The lowest BCUT2D eigenvalue weighted by atomic mass is 10.1. The summed E-state index contributed by atoms with van der Waals surface area (Å²) >= 11 is 0. The van der Waals surface area contributed by atoms with E-state index in [2.05, 4.69) is 30.0 Å². The number of imidazole rings is 1. The van der Waals surface area contributed by atoms with Crippen molar-refractivity contribution in [2.45, 2.75) is 20.3 Å². The van der Waals surface area contributed by atoms with Crippen LogP contribution in [0.3, 0.4) is 0 Å². The standard InChI is InChI=1S/C7H11N2/c1-6(2)5-7-8-3-4-9-7/h3,6H,5H2,1-2H3,(H,8,9). The van der Waals surface area contributed by atoms with Crippen molar-refractivity contribution in [1.82, 2.24) is 9.97 Å². The maximum absolute atomic E-state index is 3.98. The summed E-state index contributed by atoms with van der Waals surface area (Å²) in [5.74, 6) is 1.70. The van der Waals surface area contributed by atoms with Crippen LogP contribution in [0.2, 0.25) is 0 Å². The minimum absolute atomic E-state index is 0.671. The number of nitrogens with zero attached hydrogens (tertiary/aromatic N) is 1. The Bertz CT molecular complexity index is 153. The Kier molecular flexibility index (Phi) is 1.88.